The molecule has 15 heavy (non-hydrogen) atoms. The molecule has 4 heteroatoms. The quantitative estimate of drug-likeness (QED) is 0.449. The monoisotopic (exact) mass is 203 g/mol. The minimum absolute atomic E-state index is 0.150. The number of fused-ring (bicyclic) bond motifs is 1. The van der Waals surface area contributed by atoms with Crippen molar-refractivity contribution in [2.45, 2.75) is 6.42 Å². The van der Waals surface area contributed by atoms with E-state index in [4.69, 9.17) is 0 Å². The number of carbonyl (C=O) groups excluding carboxylic acids is 2. The van der Waals surface area contributed by atoms with Crippen molar-refractivity contribution in [1.29, 1.82) is 0 Å². The van der Waals surface area contributed by atoms with Gasteiger partial charge in [0.15, 0.2) is 0 Å². The van der Waals surface area contributed by atoms with E-state index in [1.54, 1.807) is 18.2 Å². The van der Waals surface area contributed by atoms with E-state index in [2.05, 4.69) is 6.58 Å². The normalized spacial score (nSPS) is 14.3. The molecule has 0 spiro atoms. The highest BCUT2D eigenvalue weighted by molar-refractivity contribution is 6.21. The molecule has 1 aromatic rings. The van der Waals surface area contributed by atoms with Gasteiger partial charge in [0, 0.05) is 0 Å². The third-order valence-electron chi connectivity index (χ3n) is 2.34. The zero-order chi connectivity index (χ0) is 11.0. The summed E-state index contributed by atoms with van der Waals surface area (Å²) in [7, 11) is 0. The smallest absolute Gasteiger partial charge is 0.278 e. The lowest BCUT2D eigenvalue weighted by molar-refractivity contribution is -0.0327. The van der Waals surface area contributed by atoms with Gasteiger partial charge in [0.05, 0.1) is 11.1 Å². The summed E-state index contributed by atoms with van der Waals surface area (Å²) in [6.45, 7) is 3.57. The average Bonchev–Trinajstić information content (AvgIpc) is 2.46. The van der Waals surface area contributed by atoms with Gasteiger partial charge in [-0.15, -0.1) is 11.6 Å². The van der Waals surface area contributed by atoms with Gasteiger partial charge in [0.2, 0.25) is 0 Å². The van der Waals surface area contributed by atoms with Crippen molar-refractivity contribution >= 4 is 11.8 Å². The topological polar surface area (TPSA) is 57.6 Å². The molecule has 2 amide bonds. The lowest BCUT2D eigenvalue weighted by Gasteiger charge is -2.02. The van der Waals surface area contributed by atoms with Crippen molar-refractivity contribution in [2.24, 2.45) is 0 Å². The molecule has 1 heterocycles. The van der Waals surface area contributed by atoms with E-state index in [1.807, 2.05) is 0 Å². The Morgan fingerprint density at radius 3 is 2.73 bits per heavy atom. The average molecular weight is 203 g/mol. The first-order valence-electron chi connectivity index (χ1n) is 4.47. The summed E-state index contributed by atoms with van der Waals surface area (Å²) < 4.78 is 0. The van der Waals surface area contributed by atoms with E-state index >= 15 is 0 Å². The van der Waals surface area contributed by atoms with Crippen molar-refractivity contribution in [3.8, 4) is 0 Å². The number of hydroxylamine groups is 2. The Kier molecular flexibility index (Phi) is 2.13. The first-order valence-corrected chi connectivity index (χ1v) is 4.47. The van der Waals surface area contributed by atoms with Crippen LogP contribution in [0.1, 0.15) is 26.3 Å². The number of allylic oxidation sites excluding steroid dienone is 1. The molecule has 0 aromatic heterocycles. The maximum Gasteiger partial charge on any atom is 0.285 e. The Labute approximate surface area is 86.4 Å². The van der Waals surface area contributed by atoms with Crippen molar-refractivity contribution in [3.63, 3.8) is 0 Å². The fourth-order valence-electron chi connectivity index (χ4n) is 1.67. The number of imide groups is 1. The standard InChI is InChI=1S/C11H9NO3/c1-2-4-7-5-3-6-8-9(7)11(14)12(15)10(8)13/h2-3,5-6,15H,1,4H2. The maximum atomic E-state index is 11.5. The van der Waals surface area contributed by atoms with Crippen LogP contribution in [0.5, 0.6) is 0 Å². The van der Waals surface area contributed by atoms with Crippen LogP contribution in [0.25, 0.3) is 0 Å². The molecule has 0 saturated carbocycles. The van der Waals surface area contributed by atoms with Crippen LogP contribution in [-0.2, 0) is 6.42 Å². The van der Waals surface area contributed by atoms with E-state index in [1.165, 1.54) is 6.07 Å². The van der Waals surface area contributed by atoms with Gasteiger partial charge in [0.25, 0.3) is 11.8 Å². The molecule has 1 aromatic carbocycles. The molecule has 2 rings (SSSR count). The summed E-state index contributed by atoms with van der Waals surface area (Å²) in [6, 6.07) is 4.95. The van der Waals surface area contributed by atoms with Crippen LogP contribution in [0.3, 0.4) is 0 Å². The van der Waals surface area contributed by atoms with Gasteiger partial charge in [-0.25, -0.2) is 0 Å². The van der Waals surface area contributed by atoms with E-state index in [0.29, 0.717) is 12.0 Å². The van der Waals surface area contributed by atoms with Gasteiger partial charge >= 0.3 is 0 Å². The first kappa shape index (κ1) is 9.61. The number of benzene rings is 1. The number of hydrogen-bond donors (Lipinski definition) is 1. The molecule has 1 aliphatic heterocycles. The van der Waals surface area contributed by atoms with Gasteiger partial charge in [0.1, 0.15) is 0 Å². The summed E-state index contributed by atoms with van der Waals surface area (Å²) >= 11 is 0. The Bertz CT molecular complexity index is 465. The van der Waals surface area contributed by atoms with Gasteiger partial charge in [-0.3, -0.25) is 14.8 Å². The predicted molar refractivity (Wildman–Crippen MR) is 52.6 cm³/mol. The Morgan fingerprint density at radius 2 is 2.07 bits per heavy atom. The molecule has 0 saturated heterocycles. The minimum atomic E-state index is -0.666. The van der Waals surface area contributed by atoms with Crippen LogP contribution < -0.4 is 0 Å². The molecule has 0 aliphatic carbocycles. The molecule has 4 nitrogen and oxygen atoms in total. The summed E-state index contributed by atoms with van der Waals surface area (Å²) in [5.41, 5.74) is 1.24. The fraction of sp³-hybridized carbons (Fsp3) is 0.0909. The molecular weight excluding hydrogens is 194 g/mol. The molecule has 76 valence electrons. The fourth-order valence-corrected chi connectivity index (χ4v) is 1.67. The zero-order valence-electron chi connectivity index (χ0n) is 7.93. The molecule has 0 atom stereocenters. The largest absolute Gasteiger partial charge is 0.285 e. The number of amides is 2. The third kappa shape index (κ3) is 1.27. The van der Waals surface area contributed by atoms with Gasteiger partial charge < -0.3 is 0 Å². The van der Waals surface area contributed by atoms with Crippen molar-refractivity contribution in [2.75, 3.05) is 0 Å². The van der Waals surface area contributed by atoms with E-state index < -0.39 is 11.8 Å². The Balaban J connectivity index is 2.63. The highest BCUT2D eigenvalue weighted by atomic mass is 16.5. The van der Waals surface area contributed by atoms with Crippen LogP contribution in [-0.4, -0.2) is 22.1 Å². The number of carbonyl (C=O) groups is 2. The minimum Gasteiger partial charge on any atom is -0.278 e. The molecular formula is C11H9NO3. The lowest BCUT2D eigenvalue weighted by atomic mass is 10.0. The van der Waals surface area contributed by atoms with Crippen molar-refractivity contribution in [1.82, 2.24) is 5.06 Å². The van der Waals surface area contributed by atoms with Crippen LogP contribution in [0, 0.1) is 0 Å². The molecule has 1 N–H and O–H groups in total. The summed E-state index contributed by atoms with van der Waals surface area (Å²) in [5.74, 6) is -1.33. The van der Waals surface area contributed by atoms with E-state index in [9.17, 15) is 14.8 Å². The van der Waals surface area contributed by atoms with Crippen molar-refractivity contribution in [3.05, 3.63) is 47.5 Å². The van der Waals surface area contributed by atoms with Crippen LogP contribution in [0.2, 0.25) is 0 Å². The first-order chi connectivity index (χ1) is 7.16. The maximum absolute atomic E-state index is 11.5. The molecule has 1 aliphatic rings. The highest BCUT2D eigenvalue weighted by Crippen LogP contribution is 2.25. The number of hydrogen-bond acceptors (Lipinski definition) is 3. The predicted octanol–water partition coefficient (Wildman–Crippen LogP) is 1.40. The zero-order valence-corrected chi connectivity index (χ0v) is 7.93. The van der Waals surface area contributed by atoms with Gasteiger partial charge in [-0.1, -0.05) is 18.2 Å². The number of nitrogens with zero attached hydrogens (tertiary/aromatic N) is 1. The summed E-state index contributed by atoms with van der Waals surface area (Å²) in [4.78, 5) is 22.9. The summed E-state index contributed by atoms with van der Waals surface area (Å²) in [6.07, 6.45) is 2.14. The summed E-state index contributed by atoms with van der Waals surface area (Å²) in [5, 5.41) is 9.34. The number of rotatable bonds is 2. The van der Waals surface area contributed by atoms with Gasteiger partial charge in [-0.2, -0.15) is 0 Å². The molecule has 0 unspecified atom stereocenters. The van der Waals surface area contributed by atoms with Gasteiger partial charge in [-0.05, 0) is 18.1 Å². The SMILES string of the molecule is C=CCc1cccc2c1C(=O)N(O)C2=O. The molecule has 0 radical (unpaired) electrons. The highest BCUT2D eigenvalue weighted by Gasteiger charge is 2.36. The van der Waals surface area contributed by atoms with Crippen LogP contribution in [0.4, 0.5) is 0 Å². The second kappa shape index (κ2) is 3.33. The lowest BCUT2D eigenvalue weighted by Crippen LogP contribution is -2.25. The second-order valence-electron chi connectivity index (χ2n) is 3.25. The van der Waals surface area contributed by atoms with Crippen LogP contribution in [0.15, 0.2) is 30.9 Å². The van der Waals surface area contributed by atoms with E-state index in [-0.39, 0.29) is 16.2 Å². The molecule has 0 fully saturated rings. The second-order valence-corrected chi connectivity index (χ2v) is 3.25. The molecule has 0 bridgehead atoms. The van der Waals surface area contributed by atoms with Crippen molar-refractivity contribution < 1.29 is 14.8 Å². The third-order valence-corrected chi connectivity index (χ3v) is 2.34. The Hall–Kier alpha value is -1.94. The van der Waals surface area contributed by atoms with E-state index in [0.717, 1.165) is 0 Å². The van der Waals surface area contributed by atoms with Crippen LogP contribution >= 0.6 is 0 Å². The Morgan fingerprint density at radius 1 is 1.33 bits per heavy atom.